The SMILES string of the molecule is CC1CCC(C)N(C(=O)CCc2ccc(C(=O)O)cc2)C1. The van der Waals surface area contributed by atoms with Gasteiger partial charge in [-0.15, -0.1) is 0 Å². The van der Waals surface area contributed by atoms with Crippen molar-refractivity contribution in [3.63, 3.8) is 0 Å². The molecule has 0 bridgehead atoms. The average molecular weight is 289 g/mol. The summed E-state index contributed by atoms with van der Waals surface area (Å²) in [5, 5.41) is 8.86. The van der Waals surface area contributed by atoms with E-state index in [1.54, 1.807) is 24.3 Å². The number of benzene rings is 1. The summed E-state index contributed by atoms with van der Waals surface area (Å²) in [5.41, 5.74) is 1.29. The standard InChI is InChI=1S/C17H23NO3/c1-12-3-4-13(2)18(11-12)16(19)10-7-14-5-8-15(9-6-14)17(20)21/h5-6,8-9,12-13H,3-4,7,10-11H2,1-2H3,(H,20,21). The zero-order valence-electron chi connectivity index (χ0n) is 12.7. The predicted molar refractivity (Wildman–Crippen MR) is 81.3 cm³/mol. The maximum Gasteiger partial charge on any atom is 0.335 e. The molecule has 2 atom stereocenters. The van der Waals surface area contributed by atoms with Gasteiger partial charge in [0, 0.05) is 19.0 Å². The average Bonchev–Trinajstić information content (AvgIpc) is 2.47. The van der Waals surface area contributed by atoms with Crippen molar-refractivity contribution in [3.05, 3.63) is 35.4 Å². The van der Waals surface area contributed by atoms with Gasteiger partial charge in [-0.25, -0.2) is 4.79 Å². The number of carbonyl (C=O) groups excluding carboxylic acids is 1. The summed E-state index contributed by atoms with van der Waals surface area (Å²) in [6.07, 6.45) is 3.43. The lowest BCUT2D eigenvalue weighted by Crippen LogP contribution is -2.45. The Morgan fingerprint density at radius 1 is 1.19 bits per heavy atom. The number of nitrogens with zero attached hydrogens (tertiary/aromatic N) is 1. The Hall–Kier alpha value is -1.84. The van der Waals surface area contributed by atoms with E-state index in [4.69, 9.17) is 5.11 Å². The molecular formula is C17H23NO3. The number of likely N-dealkylation sites (tertiary alicyclic amines) is 1. The summed E-state index contributed by atoms with van der Waals surface area (Å²) in [7, 11) is 0. The quantitative estimate of drug-likeness (QED) is 0.927. The second-order valence-electron chi connectivity index (χ2n) is 6.08. The molecule has 1 aliphatic rings. The minimum Gasteiger partial charge on any atom is -0.478 e. The first-order valence-electron chi connectivity index (χ1n) is 7.59. The number of aromatic carboxylic acids is 1. The third-order valence-electron chi connectivity index (χ3n) is 4.27. The topological polar surface area (TPSA) is 57.6 Å². The Kier molecular flexibility index (Phi) is 4.99. The Labute approximate surface area is 125 Å². The van der Waals surface area contributed by atoms with E-state index in [1.165, 1.54) is 6.42 Å². The zero-order chi connectivity index (χ0) is 15.4. The third kappa shape index (κ3) is 4.06. The van der Waals surface area contributed by atoms with Gasteiger partial charge < -0.3 is 10.0 Å². The molecule has 0 spiro atoms. The number of carboxylic acids is 1. The fraction of sp³-hybridized carbons (Fsp3) is 0.529. The minimum absolute atomic E-state index is 0.205. The van der Waals surface area contributed by atoms with Crippen molar-refractivity contribution in [1.82, 2.24) is 4.90 Å². The van der Waals surface area contributed by atoms with Crippen LogP contribution in [-0.2, 0) is 11.2 Å². The molecule has 0 aliphatic carbocycles. The van der Waals surface area contributed by atoms with E-state index >= 15 is 0 Å². The number of rotatable bonds is 4. The van der Waals surface area contributed by atoms with E-state index in [0.717, 1.165) is 18.5 Å². The fourth-order valence-electron chi connectivity index (χ4n) is 2.85. The first kappa shape index (κ1) is 15.5. The van der Waals surface area contributed by atoms with Crippen molar-refractivity contribution in [1.29, 1.82) is 0 Å². The zero-order valence-corrected chi connectivity index (χ0v) is 12.7. The molecule has 21 heavy (non-hydrogen) atoms. The van der Waals surface area contributed by atoms with Crippen LogP contribution in [0.3, 0.4) is 0 Å². The van der Waals surface area contributed by atoms with Gasteiger partial charge in [0.1, 0.15) is 0 Å². The maximum atomic E-state index is 12.3. The highest BCUT2D eigenvalue weighted by atomic mass is 16.4. The summed E-state index contributed by atoms with van der Waals surface area (Å²) < 4.78 is 0. The summed E-state index contributed by atoms with van der Waals surface area (Å²) in [6, 6.07) is 7.10. The van der Waals surface area contributed by atoms with Gasteiger partial charge in [0.2, 0.25) is 5.91 Å². The number of carbonyl (C=O) groups is 2. The molecule has 0 saturated carbocycles. The van der Waals surface area contributed by atoms with Gasteiger partial charge in [0.15, 0.2) is 0 Å². The highest BCUT2D eigenvalue weighted by Gasteiger charge is 2.26. The van der Waals surface area contributed by atoms with Crippen LogP contribution in [0.15, 0.2) is 24.3 Å². The molecule has 0 radical (unpaired) electrons. The number of piperidine rings is 1. The summed E-state index contributed by atoms with van der Waals surface area (Å²) in [5.74, 6) is -0.134. The first-order chi connectivity index (χ1) is 9.97. The van der Waals surface area contributed by atoms with Crippen LogP contribution in [-0.4, -0.2) is 34.5 Å². The van der Waals surface area contributed by atoms with Gasteiger partial charge in [-0.05, 0) is 49.8 Å². The molecule has 1 N–H and O–H groups in total. The molecule has 2 rings (SSSR count). The van der Waals surface area contributed by atoms with Crippen molar-refractivity contribution >= 4 is 11.9 Å². The smallest absolute Gasteiger partial charge is 0.335 e. The number of aryl methyl sites for hydroxylation is 1. The van der Waals surface area contributed by atoms with E-state index in [-0.39, 0.29) is 11.5 Å². The van der Waals surface area contributed by atoms with Crippen LogP contribution >= 0.6 is 0 Å². The molecule has 1 amide bonds. The number of amides is 1. The second-order valence-corrected chi connectivity index (χ2v) is 6.08. The van der Waals surface area contributed by atoms with Crippen LogP contribution in [0.25, 0.3) is 0 Å². The van der Waals surface area contributed by atoms with Gasteiger partial charge in [-0.1, -0.05) is 19.1 Å². The van der Waals surface area contributed by atoms with Crippen LogP contribution in [0.5, 0.6) is 0 Å². The Morgan fingerprint density at radius 3 is 2.48 bits per heavy atom. The summed E-state index contributed by atoms with van der Waals surface area (Å²) in [6.45, 7) is 5.17. The molecule has 1 aliphatic heterocycles. The lowest BCUT2D eigenvalue weighted by Gasteiger charge is -2.37. The first-order valence-corrected chi connectivity index (χ1v) is 7.59. The van der Waals surface area contributed by atoms with Crippen LogP contribution in [0.1, 0.15) is 49.0 Å². The molecule has 4 heteroatoms. The number of hydrogen-bond acceptors (Lipinski definition) is 2. The molecule has 1 fully saturated rings. The van der Waals surface area contributed by atoms with Crippen LogP contribution in [0.4, 0.5) is 0 Å². The number of hydrogen-bond donors (Lipinski definition) is 1. The van der Waals surface area contributed by atoms with Crippen molar-refractivity contribution in [2.45, 2.75) is 45.6 Å². The van der Waals surface area contributed by atoms with E-state index in [1.807, 2.05) is 4.90 Å². The highest BCUT2D eigenvalue weighted by Crippen LogP contribution is 2.22. The molecule has 1 aromatic carbocycles. The molecule has 4 nitrogen and oxygen atoms in total. The van der Waals surface area contributed by atoms with E-state index in [9.17, 15) is 9.59 Å². The lowest BCUT2D eigenvalue weighted by atomic mass is 9.94. The monoisotopic (exact) mass is 289 g/mol. The van der Waals surface area contributed by atoms with Gasteiger partial charge >= 0.3 is 5.97 Å². The molecule has 1 heterocycles. The molecule has 1 saturated heterocycles. The van der Waals surface area contributed by atoms with Crippen molar-refractivity contribution in [2.75, 3.05) is 6.54 Å². The van der Waals surface area contributed by atoms with Crippen molar-refractivity contribution in [3.8, 4) is 0 Å². The Morgan fingerprint density at radius 2 is 1.86 bits per heavy atom. The van der Waals surface area contributed by atoms with Gasteiger partial charge in [0.05, 0.1) is 5.56 Å². The van der Waals surface area contributed by atoms with Crippen LogP contribution < -0.4 is 0 Å². The largest absolute Gasteiger partial charge is 0.478 e. The van der Waals surface area contributed by atoms with Crippen LogP contribution in [0.2, 0.25) is 0 Å². The Balaban J connectivity index is 1.89. The molecule has 1 aromatic rings. The second kappa shape index (κ2) is 6.74. The fourth-order valence-corrected chi connectivity index (χ4v) is 2.85. The van der Waals surface area contributed by atoms with E-state index in [0.29, 0.717) is 24.8 Å². The van der Waals surface area contributed by atoms with Gasteiger partial charge in [-0.3, -0.25) is 4.79 Å². The third-order valence-corrected chi connectivity index (χ3v) is 4.27. The summed E-state index contributed by atoms with van der Waals surface area (Å²) >= 11 is 0. The lowest BCUT2D eigenvalue weighted by molar-refractivity contribution is -0.135. The highest BCUT2D eigenvalue weighted by molar-refractivity contribution is 5.87. The molecule has 0 aromatic heterocycles. The van der Waals surface area contributed by atoms with Gasteiger partial charge in [0.25, 0.3) is 0 Å². The van der Waals surface area contributed by atoms with Crippen molar-refractivity contribution < 1.29 is 14.7 Å². The maximum absolute atomic E-state index is 12.3. The summed E-state index contributed by atoms with van der Waals surface area (Å²) in [4.78, 5) is 25.1. The van der Waals surface area contributed by atoms with E-state index in [2.05, 4.69) is 13.8 Å². The minimum atomic E-state index is -0.922. The predicted octanol–water partition coefficient (Wildman–Crippen LogP) is 2.96. The molecule has 2 unspecified atom stereocenters. The van der Waals surface area contributed by atoms with Crippen LogP contribution in [0, 0.1) is 5.92 Å². The Bertz CT molecular complexity index is 509. The van der Waals surface area contributed by atoms with Crippen molar-refractivity contribution in [2.24, 2.45) is 5.92 Å². The molecule has 114 valence electrons. The molecular weight excluding hydrogens is 266 g/mol. The van der Waals surface area contributed by atoms with E-state index < -0.39 is 5.97 Å². The van der Waals surface area contributed by atoms with Gasteiger partial charge in [-0.2, -0.15) is 0 Å². The number of carboxylic acid groups (broad SMARTS) is 1. The normalized spacial score (nSPS) is 22.1.